The van der Waals surface area contributed by atoms with E-state index in [0.29, 0.717) is 16.5 Å². The fourth-order valence-corrected chi connectivity index (χ4v) is 4.16. The van der Waals surface area contributed by atoms with Crippen molar-refractivity contribution in [2.75, 3.05) is 6.54 Å². The van der Waals surface area contributed by atoms with Gasteiger partial charge in [-0.1, -0.05) is 0 Å². The van der Waals surface area contributed by atoms with E-state index in [1.165, 1.54) is 4.90 Å². The molecule has 5 nitrogen and oxygen atoms in total. The first kappa shape index (κ1) is 15.8. The molecule has 1 aromatic carbocycles. The normalized spacial score (nSPS) is 18.9. The van der Waals surface area contributed by atoms with Crippen molar-refractivity contribution in [1.82, 2.24) is 4.90 Å². The quantitative estimate of drug-likeness (QED) is 0.612. The van der Waals surface area contributed by atoms with Crippen LogP contribution in [0.4, 0.5) is 0 Å². The minimum atomic E-state index is -0.988. The van der Waals surface area contributed by atoms with Gasteiger partial charge in [-0.3, -0.25) is 4.79 Å². The lowest BCUT2D eigenvalue weighted by Crippen LogP contribution is -2.48. The highest BCUT2D eigenvalue weighted by Gasteiger charge is 2.33. The molecule has 0 bridgehead atoms. The lowest BCUT2D eigenvalue weighted by atomic mass is 10.0. The molecule has 1 heterocycles. The summed E-state index contributed by atoms with van der Waals surface area (Å²) in [6.45, 7) is 0.414. The molecule has 108 valence electrons. The average Bonchev–Trinajstić information content (AvgIpc) is 2.42. The molecule has 1 atom stereocenters. The van der Waals surface area contributed by atoms with Crippen molar-refractivity contribution in [2.45, 2.75) is 25.3 Å². The molecule has 2 rings (SSSR count). The summed E-state index contributed by atoms with van der Waals surface area (Å²) in [6, 6.07) is 2.55. The number of carboxylic acid groups (broad SMARTS) is 1. The molecule has 7 heteroatoms. The van der Waals surface area contributed by atoms with Gasteiger partial charge in [0.05, 0.1) is 9.13 Å². The van der Waals surface area contributed by atoms with Gasteiger partial charge in [0.25, 0.3) is 5.91 Å². The van der Waals surface area contributed by atoms with Crippen LogP contribution in [0.2, 0.25) is 0 Å². The second kappa shape index (κ2) is 6.46. The summed E-state index contributed by atoms with van der Waals surface area (Å²) in [5.74, 6) is -1.48. The zero-order chi connectivity index (χ0) is 14.9. The van der Waals surface area contributed by atoms with E-state index in [0.717, 1.165) is 16.4 Å². The van der Waals surface area contributed by atoms with Crippen LogP contribution in [0.1, 0.15) is 29.6 Å². The minimum absolute atomic E-state index is 0.0780. The molecule has 1 amide bonds. The second-order valence-corrected chi connectivity index (χ2v) is 7.04. The standard InChI is InChI=1S/C13H13I2NO4/c14-7-5-8(11(17)9(15)6-7)12(18)16-4-2-1-3-10(16)13(19)20/h5-6,10,17H,1-4H2,(H,19,20). The van der Waals surface area contributed by atoms with Gasteiger partial charge in [-0.2, -0.15) is 0 Å². The van der Waals surface area contributed by atoms with E-state index in [1.807, 2.05) is 22.6 Å². The zero-order valence-electron chi connectivity index (χ0n) is 10.5. The van der Waals surface area contributed by atoms with E-state index in [9.17, 15) is 19.8 Å². The van der Waals surface area contributed by atoms with E-state index in [4.69, 9.17) is 0 Å². The smallest absolute Gasteiger partial charge is 0.326 e. The van der Waals surface area contributed by atoms with Gasteiger partial charge in [-0.05, 0) is 76.6 Å². The molecule has 1 aliphatic heterocycles. The van der Waals surface area contributed by atoms with Gasteiger partial charge in [-0.15, -0.1) is 0 Å². The summed E-state index contributed by atoms with van der Waals surface area (Å²) < 4.78 is 1.42. The maximum atomic E-state index is 12.5. The first-order valence-corrected chi connectivity index (χ1v) is 8.29. The third-order valence-electron chi connectivity index (χ3n) is 3.31. The van der Waals surface area contributed by atoms with E-state index >= 15 is 0 Å². The van der Waals surface area contributed by atoms with Crippen molar-refractivity contribution in [2.24, 2.45) is 0 Å². The topological polar surface area (TPSA) is 77.8 Å². The average molecular weight is 501 g/mol. The number of benzene rings is 1. The molecule has 2 N–H and O–H groups in total. The van der Waals surface area contributed by atoms with Gasteiger partial charge < -0.3 is 15.1 Å². The van der Waals surface area contributed by atoms with Crippen LogP contribution in [0, 0.1) is 7.14 Å². The summed E-state index contributed by atoms with van der Waals surface area (Å²) in [5.41, 5.74) is 0.175. The molecular weight excluding hydrogens is 488 g/mol. The van der Waals surface area contributed by atoms with Gasteiger partial charge in [0.2, 0.25) is 0 Å². The fraction of sp³-hybridized carbons (Fsp3) is 0.385. The number of hydrogen-bond donors (Lipinski definition) is 2. The zero-order valence-corrected chi connectivity index (χ0v) is 14.8. The van der Waals surface area contributed by atoms with E-state index in [2.05, 4.69) is 22.6 Å². The van der Waals surface area contributed by atoms with Gasteiger partial charge in [0.15, 0.2) is 0 Å². The third kappa shape index (κ3) is 3.18. The Hall–Kier alpha value is -0.580. The first-order valence-electron chi connectivity index (χ1n) is 6.13. The Morgan fingerprint density at radius 1 is 1.25 bits per heavy atom. The number of rotatable bonds is 2. The number of halogens is 2. The number of amides is 1. The maximum Gasteiger partial charge on any atom is 0.326 e. The van der Waals surface area contributed by atoms with Gasteiger partial charge in [0.1, 0.15) is 11.8 Å². The van der Waals surface area contributed by atoms with Crippen LogP contribution >= 0.6 is 45.2 Å². The van der Waals surface area contributed by atoms with E-state index in [1.54, 1.807) is 12.1 Å². The molecule has 1 aromatic rings. The highest BCUT2D eigenvalue weighted by Crippen LogP contribution is 2.30. The molecule has 0 radical (unpaired) electrons. The Bertz CT molecular complexity index is 562. The van der Waals surface area contributed by atoms with Crippen molar-refractivity contribution >= 4 is 57.1 Å². The summed E-state index contributed by atoms with van der Waals surface area (Å²) in [5, 5.41) is 19.3. The van der Waals surface area contributed by atoms with Crippen molar-refractivity contribution in [3.63, 3.8) is 0 Å². The monoisotopic (exact) mass is 501 g/mol. The van der Waals surface area contributed by atoms with Gasteiger partial charge in [-0.25, -0.2) is 4.79 Å². The molecule has 1 fully saturated rings. The van der Waals surface area contributed by atoms with E-state index < -0.39 is 17.9 Å². The van der Waals surface area contributed by atoms with Crippen LogP contribution in [0.25, 0.3) is 0 Å². The minimum Gasteiger partial charge on any atom is -0.506 e. The number of hydrogen-bond acceptors (Lipinski definition) is 3. The van der Waals surface area contributed by atoms with Crippen molar-refractivity contribution in [1.29, 1.82) is 0 Å². The number of phenolic OH excluding ortho intramolecular Hbond substituents is 1. The van der Waals surface area contributed by atoms with Crippen molar-refractivity contribution in [3.8, 4) is 5.75 Å². The Labute approximate surface area is 143 Å². The molecule has 1 aliphatic rings. The number of aliphatic carboxylic acids is 1. The largest absolute Gasteiger partial charge is 0.506 e. The van der Waals surface area contributed by atoms with Gasteiger partial charge in [0, 0.05) is 10.1 Å². The molecule has 0 spiro atoms. The summed E-state index contributed by atoms with van der Waals surface area (Å²) in [4.78, 5) is 25.1. The third-order valence-corrected chi connectivity index (χ3v) is 4.75. The molecule has 20 heavy (non-hydrogen) atoms. The number of piperidine rings is 1. The van der Waals surface area contributed by atoms with Crippen LogP contribution in [0.15, 0.2) is 12.1 Å². The number of carbonyl (C=O) groups excluding carboxylic acids is 1. The summed E-state index contributed by atoms with van der Waals surface area (Å²) in [7, 11) is 0. The van der Waals surface area contributed by atoms with Crippen molar-refractivity contribution in [3.05, 3.63) is 24.8 Å². The van der Waals surface area contributed by atoms with Crippen LogP contribution in [-0.2, 0) is 4.79 Å². The molecular formula is C13H13I2NO4. The predicted molar refractivity (Wildman–Crippen MR) is 89.9 cm³/mol. The fourth-order valence-electron chi connectivity index (χ4n) is 2.32. The van der Waals surface area contributed by atoms with Crippen molar-refractivity contribution < 1.29 is 19.8 Å². The lowest BCUT2D eigenvalue weighted by Gasteiger charge is -2.33. The summed E-state index contributed by atoms with van der Waals surface area (Å²) in [6.07, 6.45) is 2.05. The number of likely N-dealkylation sites (tertiary alicyclic amines) is 1. The predicted octanol–water partition coefficient (Wildman–Crippen LogP) is 2.68. The van der Waals surface area contributed by atoms with E-state index in [-0.39, 0.29) is 11.3 Å². The van der Waals surface area contributed by atoms with Crippen LogP contribution in [0.3, 0.4) is 0 Å². The number of nitrogens with zero attached hydrogens (tertiary/aromatic N) is 1. The number of phenols is 1. The molecule has 1 unspecified atom stereocenters. The number of aromatic hydroxyl groups is 1. The maximum absolute atomic E-state index is 12.5. The van der Waals surface area contributed by atoms with Gasteiger partial charge >= 0.3 is 5.97 Å². The van der Waals surface area contributed by atoms with Crippen LogP contribution < -0.4 is 0 Å². The van der Waals surface area contributed by atoms with Crippen LogP contribution in [-0.4, -0.2) is 39.6 Å². The summed E-state index contributed by atoms with van der Waals surface area (Å²) >= 11 is 4.02. The molecule has 1 saturated heterocycles. The Balaban J connectivity index is 2.37. The lowest BCUT2D eigenvalue weighted by molar-refractivity contribution is -0.143. The molecule has 0 aromatic heterocycles. The van der Waals surface area contributed by atoms with Crippen LogP contribution in [0.5, 0.6) is 5.75 Å². The first-order chi connectivity index (χ1) is 9.41. The molecule has 0 aliphatic carbocycles. The number of carbonyl (C=O) groups is 2. The second-order valence-electron chi connectivity index (χ2n) is 4.63. The highest BCUT2D eigenvalue weighted by atomic mass is 127. The Morgan fingerprint density at radius 2 is 1.95 bits per heavy atom. The Kier molecular flexibility index (Phi) is 5.10. The SMILES string of the molecule is O=C(O)C1CCCCN1C(=O)c1cc(I)cc(I)c1O. The Morgan fingerprint density at radius 3 is 2.60 bits per heavy atom. The highest BCUT2D eigenvalue weighted by molar-refractivity contribution is 14.1. The number of carboxylic acids is 1. The molecule has 0 saturated carbocycles.